The van der Waals surface area contributed by atoms with E-state index in [4.69, 9.17) is 0 Å². The van der Waals surface area contributed by atoms with Gasteiger partial charge in [-0.3, -0.25) is 0 Å². The van der Waals surface area contributed by atoms with Crippen LogP contribution in [0.5, 0.6) is 0 Å². The summed E-state index contributed by atoms with van der Waals surface area (Å²) in [4.78, 5) is 1.01. The molecule has 2 N–H and O–H groups in total. The second kappa shape index (κ2) is 4.68. The number of hydrogen-bond acceptors (Lipinski definition) is 4. The Labute approximate surface area is 106 Å². The summed E-state index contributed by atoms with van der Waals surface area (Å²) in [5, 5.41) is 3.24. The molecule has 17 heavy (non-hydrogen) atoms. The van der Waals surface area contributed by atoms with Gasteiger partial charge in [-0.05, 0) is 51.9 Å². The summed E-state index contributed by atoms with van der Waals surface area (Å²) < 4.78 is 27.7. The fraction of sp³-hybridized carbons (Fsp3) is 0.636. The van der Waals surface area contributed by atoms with Crippen molar-refractivity contribution < 1.29 is 8.42 Å². The van der Waals surface area contributed by atoms with Crippen LogP contribution in [0.2, 0.25) is 0 Å². The second-order valence-electron chi connectivity index (χ2n) is 4.78. The molecule has 1 aliphatic rings. The van der Waals surface area contributed by atoms with E-state index in [1.54, 1.807) is 6.07 Å². The minimum atomic E-state index is -3.36. The molecule has 0 atom stereocenters. The molecule has 0 aromatic carbocycles. The zero-order chi connectivity index (χ0) is 12.5. The maximum atomic E-state index is 12.2. The van der Waals surface area contributed by atoms with Crippen LogP contribution in [0.1, 0.15) is 24.6 Å². The van der Waals surface area contributed by atoms with E-state index in [9.17, 15) is 8.42 Å². The van der Waals surface area contributed by atoms with Gasteiger partial charge in [0, 0.05) is 10.4 Å². The Morgan fingerprint density at radius 1 is 1.35 bits per heavy atom. The number of rotatable bonds is 3. The number of hydrogen-bond donors (Lipinski definition) is 2. The predicted molar refractivity (Wildman–Crippen MR) is 69.9 cm³/mol. The van der Waals surface area contributed by atoms with Crippen molar-refractivity contribution in [2.45, 2.75) is 36.4 Å². The smallest absolute Gasteiger partial charge is 0.250 e. The lowest BCUT2D eigenvalue weighted by Crippen LogP contribution is -2.52. The van der Waals surface area contributed by atoms with E-state index in [1.165, 1.54) is 11.3 Å². The highest BCUT2D eigenvalue weighted by Gasteiger charge is 2.32. The van der Waals surface area contributed by atoms with Gasteiger partial charge in [0.2, 0.25) is 0 Å². The largest absolute Gasteiger partial charge is 0.317 e. The minimum Gasteiger partial charge on any atom is -0.317 e. The van der Waals surface area contributed by atoms with Crippen molar-refractivity contribution >= 4 is 21.4 Å². The normalized spacial score (nSPS) is 20.4. The molecule has 0 radical (unpaired) electrons. The van der Waals surface area contributed by atoms with Crippen molar-refractivity contribution in [3.05, 3.63) is 17.0 Å². The first-order valence-corrected chi connectivity index (χ1v) is 8.02. The van der Waals surface area contributed by atoms with Crippen LogP contribution in [-0.2, 0) is 10.0 Å². The number of thiophene rings is 1. The minimum absolute atomic E-state index is 0.317. The van der Waals surface area contributed by atoms with Gasteiger partial charge in [0.1, 0.15) is 4.21 Å². The quantitative estimate of drug-likeness (QED) is 0.877. The van der Waals surface area contributed by atoms with Crippen LogP contribution >= 0.6 is 11.3 Å². The fourth-order valence-electron chi connectivity index (χ4n) is 2.01. The molecule has 6 heteroatoms. The van der Waals surface area contributed by atoms with Crippen LogP contribution in [0.15, 0.2) is 16.3 Å². The van der Waals surface area contributed by atoms with E-state index in [1.807, 2.05) is 19.9 Å². The third-order valence-electron chi connectivity index (χ3n) is 3.07. The maximum absolute atomic E-state index is 12.2. The average Bonchev–Trinajstić information content (AvgIpc) is 2.65. The van der Waals surface area contributed by atoms with Gasteiger partial charge in [0.25, 0.3) is 10.0 Å². The Morgan fingerprint density at radius 3 is 2.53 bits per heavy atom. The molecule has 1 aliphatic heterocycles. The first-order chi connectivity index (χ1) is 7.91. The molecule has 0 saturated carbocycles. The number of sulfonamides is 1. The van der Waals surface area contributed by atoms with Gasteiger partial charge in [-0.1, -0.05) is 0 Å². The van der Waals surface area contributed by atoms with E-state index in [0.717, 1.165) is 30.8 Å². The third kappa shape index (κ3) is 3.07. The molecule has 96 valence electrons. The highest BCUT2D eigenvalue weighted by molar-refractivity contribution is 7.91. The van der Waals surface area contributed by atoms with Crippen molar-refractivity contribution in [2.75, 3.05) is 13.1 Å². The van der Waals surface area contributed by atoms with E-state index in [-0.39, 0.29) is 5.54 Å². The van der Waals surface area contributed by atoms with Gasteiger partial charge in [-0.25, -0.2) is 13.1 Å². The SMILES string of the molecule is Cc1ccc(S(=O)(=O)NC2(C)CCNCC2)s1. The summed E-state index contributed by atoms with van der Waals surface area (Å²) in [6, 6.07) is 3.51. The standard InChI is InChI=1S/C11H18N2O2S2/c1-9-3-4-10(16-9)17(14,15)13-11(2)5-7-12-8-6-11/h3-4,12-13H,5-8H2,1-2H3. The van der Waals surface area contributed by atoms with E-state index in [2.05, 4.69) is 10.0 Å². The maximum Gasteiger partial charge on any atom is 0.250 e. The van der Waals surface area contributed by atoms with Gasteiger partial charge in [-0.2, -0.15) is 0 Å². The zero-order valence-electron chi connectivity index (χ0n) is 10.1. The molecule has 2 heterocycles. The van der Waals surface area contributed by atoms with E-state index >= 15 is 0 Å². The van der Waals surface area contributed by atoms with Gasteiger partial charge >= 0.3 is 0 Å². The first-order valence-electron chi connectivity index (χ1n) is 5.72. The Kier molecular flexibility index (Phi) is 3.58. The van der Waals surface area contributed by atoms with Crippen molar-refractivity contribution in [3.8, 4) is 0 Å². The molecule has 2 rings (SSSR count). The number of aryl methyl sites for hydroxylation is 1. The molecule has 0 unspecified atom stereocenters. The summed E-state index contributed by atoms with van der Waals surface area (Å²) in [7, 11) is -3.36. The van der Waals surface area contributed by atoms with Crippen molar-refractivity contribution in [2.24, 2.45) is 0 Å². The first kappa shape index (κ1) is 13.0. The van der Waals surface area contributed by atoms with Crippen molar-refractivity contribution in [1.82, 2.24) is 10.0 Å². The van der Waals surface area contributed by atoms with Crippen LogP contribution in [0.4, 0.5) is 0 Å². The lowest BCUT2D eigenvalue weighted by atomic mass is 9.92. The average molecular weight is 274 g/mol. The molecule has 1 aromatic heterocycles. The van der Waals surface area contributed by atoms with Crippen LogP contribution < -0.4 is 10.0 Å². The summed E-state index contributed by atoms with van der Waals surface area (Å²) >= 11 is 1.32. The van der Waals surface area contributed by atoms with Crippen LogP contribution in [-0.4, -0.2) is 27.0 Å². The van der Waals surface area contributed by atoms with Crippen molar-refractivity contribution in [3.63, 3.8) is 0 Å². The summed E-state index contributed by atoms with van der Waals surface area (Å²) in [6.45, 7) is 5.62. The Morgan fingerprint density at radius 2 is 2.00 bits per heavy atom. The topological polar surface area (TPSA) is 58.2 Å². The highest BCUT2D eigenvalue weighted by Crippen LogP contribution is 2.25. The lowest BCUT2D eigenvalue weighted by Gasteiger charge is -2.34. The van der Waals surface area contributed by atoms with Gasteiger partial charge in [0.15, 0.2) is 0 Å². The van der Waals surface area contributed by atoms with Gasteiger partial charge < -0.3 is 5.32 Å². The predicted octanol–water partition coefficient (Wildman–Crippen LogP) is 1.48. The lowest BCUT2D eigenvalue weighted by molar-refractivity contribution is 0.308. The summed E-state index contributed by atoms with van der Waals surface area (Å²) in [6.07, 6.45) is 1.66. The van der Waals surface area contributed by atoms with E-state index < -0.39 is 10.0 Å². The second-order valence-corrected chi connectivity index (χ2v) is 7.98. The fourth-order valence-corrected chi connectivity index (χ4v) is 4.76. The molecule has 1 fully saturated rings. The third-order valence-corrected chi connectivity index (χ3v) is 6.20. The molecular formula is C11H18N2O2S2. The molecule has 4 nitrogen and oxygen atoms in total. The molecule has 0 bridgehead atoms. The molecule has 0 aliphatic carbocycles. The Hall–Kier alpha value is -0.430. The van der Waals surface area contributed by atoms with E-state index in [0.29, 0.717) is 4.21 Å². The van der Waals surface area contributed by atoms with Crippen LogP contribution in [0.3, 0.4) is 0 Å². The van der Waals surface area contributed by atoms with Crippen molar-refractivity contribution in [1.29, 1.82) is 0 Å². The highest BCUT2D eigenvalue weighted by atomic mass is 32.2. The van der Waals surface area contributed by atoms with Gasteiger partial charge in [0.05, 0.1) is 0 Å². The monoisotopic (exact) mass is 274 g/mol. The number of piperidine rings is 1. The molecule has 1 aromatic rings. The Bertz CT molecular complexity index is 487. The molecule has 0 amide bonds. The molecular weight excluding hydrogens is 256 g/mol. The van der Waals surface area contributed by atoms with Gasteiger partial charge in [-0.15, -0.1) is 11.3 Å². The molecule has 1 saturated heterocycles. The van der Waals surface area contributed by atoms with Crippen LogP contribution in [0, 0.1) is 6.92 Å². The molecule has 0 spiro atoms. The van der Waals surface area contributed by atoms with Crippen LogP contribution in [0.25, 0.3) is 0 Å². The summed E-state index contributed by atoms with van der Waals surface area (Å²) in [5.74, 6) is 0. The zero-order valence-corrected chi connectivity index (χ0v) is 11.7. The number of nitrogens with one attached hydrogen (secondary N) is 2. The summed E-state index contributed by atoms with van der Waals surface area (Å²) in [5.41, 5.74) is -0.317. The Balaban J connectivity index is 2.17.